The van der Waals surface area contributed by atoms with Crippen LogP contribution in [0.15, 0.2) is 48.7 Å². The molecule has 0 spiro atoms. The number of halogens is 3. The Balaban J connectivity index is 1.65. The number of thiophene rings is 1. The molecule has 2 atom stereocenters. The van der Waals surface area contributed by atoms with Crippen LogP contribution in [0.4, 0.5) is 13.2 Å². The average molecular weight is 479 g/mol. The van der Waals surface area contributed by atoms with Crippen molar-refractivity contribution in [2.24, 2.45) is 5.92 Å². The molecule has 0 N–H and O–H groups in total. The maximum atomic E-state index is 12.9. The van der Waals surface area contributed by atoms with Crippen molar-refractivity contribution in [2.75, 3.05) is 6.61 Å². The molecule has 0 aliphatic heterocycles. The lowest BCUT2D eigenvalue weighted by molar-refractivity contribution is -0.148. The predicted octanol–water partition coefficient (Wildman–Crippen LogP) is 6.50. The number of nitrogens with zero attached hydrogens (tertiary/aromatic N) is 2. The first kappa shape index (κ1) is 24.7. The van der Waals surface area contributed by atoms with E-state index in [4.69, 9.17) is 9.47 Å². The quantitative estimate of drug-likeness (QED) is 0.329. The van der Waals surface area contributed by atoms with Gasteiger partial charge in [0.15, 0.2) is 5.82 Å². The molecule has 0 saturated heterocycles. The van der Waals surface area contributed by atoms with Crippen LogP contribution in [0, 0.1) is 5.92 Å². The molecule has 176 valence electrons. The maximum absolute atomic E-state index is 12.9. The average Bonchev–Trinajstić information content (AvgIpc) is 3.29. The maximum Gasteiger partial charge on any atom is 0.433 e. The molecule has 2 unspecified atom stereocenters. The highest BCUT2D eigenvalue weighted by atomic mass is 32.1. The Hall–Kier alpha value is -2.94. The van der Waals surface area contributed by atoms with Crippen LogP contribution in [-0.4, -0.2) is 22.5 Å². The van der Waals surface area contributed by atoms with Crippen molar-refractivity contribution >= 4 is 17.3 Å². The van der Waals surface area contributed by atoms with Crippen LogP contribution in [0.3, 0.4) is 0 Å². The van der Waals surface area contributed by atoms with Gasteiger partial charge >= 0.3 is 12.1 Å². The number of alkyl halides is 3. The van der Waals surface area contributed by atoms with Gasteiger partial charge in [-0.2, -0.15) is 13.2 Å². The van der Waals surface area contributed by atoms with E-state index in [9.17, 15) is 18.0 Å². The Bertz CT molecular complexity index is 1070. The Labute approximate surface area is 194 Å². The van der Waals surface area contributed by atoms with Gasteiger partial charge < -0.3 is 9.47 Å². The Kier molecular flexibility index (Phi) is 8.07. The second kappa shape index (κ2) is 10.8. The molecule has 0 bridgehead atoms. The summed E-state index contributed by atoms with van der Waals surface area (Å²) in [6.45, 7) is 5.98. The highest BCUT2D eigenvalue weighted by molar-refractivity contribution is 7.15. The number of hydrogen-bond acceptors (Lipinski definition) is 6. The van der Waals surface area contributed by atoms with E-state index in [1.807, 2.05) is 38.1 Å². The zero-order valence-corrected chi connectivity index (χ0v) is 19.4. The lowest BCUT2D eigenvalue weighted by atomic mass is 9.97. The van der Waals surface area contributed by atoms with Gasteiger partial charge in [0.05, 0.1) is 17.4 Å². The fraction of sp³-hybridized carbons (Fsp3) is 0.375. The zero-order valence-electron chi connectivity index (χ0n) is 18.6. The second-order valence-corrected chi connectivity index (χ2v) is 8.55. The van der Waals surface area contributed by atoms with Gasteiger partial charge in [-0.3, -0.25) is 4.79 Å². The summed E-state index contributed by atoms with van der Waals surface area (Å²) in [6, 6.07) is 11.9. The number of carbonyl (C=O) groups is 1. The first-order chi connectivity index (χ1) is 15.7. The largest absolute Gasteiger partial charge is 0.485 e. The van der Waals surface area contributed by atoms with Gasteiger partial charge in [-0.15, -0.1) is 11.3 Å². The van der Waals surface area contributed by atoms with Crippen LogP contribution in [0.25, 0.3) is 10.7 Å². The number of aromatic nitrogens is 2. The third kappa shape index (κ3) is 6.54. The van der Waals surface area contributed by atoms with Crippen LogP contribution in [0.1, 0.15) is 49.4 Å². The summed E-state index contributed by atoms with van der Waals surface area (Å²) in [5.74, 6) is 0.316. The molecule has 1 aromatic carbocycles. The van der Waals surface area contributed by atoms with E-state index in [1.54, 1.807) is 19.1 Å². The molecular formula is C24H25F3N2O3S. The van der Waals surface area contributed by atoms with Crippen LogP contribution in [-0.2, 0) is 22.1 Å². The van der Waals surface area contributed by atoms with E-state index in [1.165, 1.54) is 11.3 Å². The van der Waals surface area contributed by atoms with Gasteiger partial charge in [0.1, 0.15) is 17.5 Å². The van der Waals surface area contributed by atoms with E-state index in [0.29, 0.717) is 30.1 Å². The van der Waals surface area contributed by atoms with Gasteiger partial charge in [-0.25, -0.2) is 9.97 Å². The molecule has 5 nitrogen and oxygen atoms in total. The molecular weight excluding hydrogens is 453 g/mol. The van der Waals surface area contributed by atoms with E-state index < -0.39 is 11.9 Å². The monoisotopic (exact) mass is 478 g/mol. The summed E-state index contributed by atoms with van der Waals surface area (Å²) in [5, 5.41) is 0. The molecule has 9 heteroatoms. The highest BCUT2D eigenvalue weighted by Crippen LogP contribution is 2.34. The van der Waals surface area contributed by atoms with Gasteiger partial charge in [-0.1, -0.05) is 19.1 Å². The SMILES string of the molecule is CCOC(=O)C(CC)Cc1ccc(OC(C)c2ccc(-c3nccc(C(F)(F)F)n3)s2)cc1. The topological polar surface area (TPSA) is 61.3 Å². The first-order valence-corrected chi connectivity index (χ1v) is 11.5. The van der Waals surface area contributed by atoms with Crippen LogP contribution < -0.4 is 4.74 Å². The Morgan fingerprint density at radius 3 is 2.45 bits per heavy atom. The second-order valence-electron chi connectivity index (χ2n) is 7.43. The van der Waals surface area contributed by atoms with Crippen molar-refractivity contribution in [3.63, 3.8) is 0 Å². The minimum Gasteiger partial charge on any atom is -0.485 e. The van der Waals surface area contributed by atoms with E-state index >= 15 is 0 Å². The molecule has 3 rings (SSSR count). The van der Waals surface area contributed by atoms with Crippen LogP contribution in [0.5, 0.6) is 5.75 Å². The number of rotatable bonds is 9. The molecule has 33 heavy (non-hydrogen) atoms. The first-order valence-electron chi connectivity index (χ1n) is 10.6. The lowest BCUT2D eigenvalue weighted by Gasteiger charge is -2.15. The third-order valence-corrected chi connectivity index (χ3v) is 6.27. The number of benzene rings is 1. The Morgan fingerprint density at radius 1 is 1.09 bits per heavy atom. The fourth-order valence-electron chi connectivity index (χ4n) is 3.23. The minimum atomic E-state index is -4.52. The summed E-state index contributed by atoms with van der Waals surface area (Å²) in [5.41, 5.74) is 0.0371. The van der Waals surface area contributed by atoms with Gasteiger partial charge in [0.25, 0.3) is 0 Å². The summed E-state index contributed by atoms with van der Waals surface area (Å²) in [4.78, 5) is 21.0. The highest BCUT2D eigenvalue weighted by Gasteiger charge is 2.33. The van der Waals surface area contributed by atoms with Gasteiger partial charge in [0, 0.05) is 11.1 Å². The van der Waals surface area contributed by atoms with Gasteiger partial charge in [-0.05, 0) is 62.6 Å². The number of hydrogen-bond donors (Lipinski definition) is 0. The molecule has 0 aliphatic carbocycles. The molecule has 3 aromatic rings. The van der Waals surface area contributed by atoms with Crippen molar-refractivity contribution in [1.82, 2.24) is 9.97 Å². The number of ether oxygens (including phenoxy) is 2. The molecule has 0 radical (unpaired) electrons. The van der Waals surface area contributed by atoms with Crippen LogP contribution >= 0.6 is 11.3 Å². The van der Waals surface area contributed by atoms with Crippen molar-refractivity contribution in [3.05, 3.63) is 64.8 Å². The van der Waals surface area contributed by atoms with E-state index in [0.717, 1.165) is 22.7 Å². The normalized spacial score (nSPS) is 13.4. The fourth-order valence-corrected chi connectivity index (χ4v) is 4.16. The zero-order chi connectivity index (χ0) is 24.0. The van der Waals surface area contributed by atoms with Crippen molar-refractivity contribution in [2.45, 2.75) is 45.9 Å². The summed E-state index contributed by atoms with van der Waals surface area (Å²) in [7, 11) is 0. The summed E-state index contributed by atoms with van der Waals surface area (Å²) in [6.07, 6.45) is -2.44. The third-order valence-electron chi connectivity index (χ3n) is 5.02. The molecule has 0 saturated carbocycles. The number of esters is 1. The van der Waals surface area contributed by atoms with E-state index in [2.05, 4.69) is 9.97 Å². The van der Waals surface area contributed by atoms with Gasteiger partial charge in [0.2, 0.25) is 0 Å². The lowest BCUT2D eigenvalue weighted by Crippen LogP contribution is -2.19. The summed E-state index contributed by atoms with van der Waals surface area (Å²) < 4.78 is 49.9. The van der Waals surface area contributed by atoms with E-state index in [-0.39, 0.29) is 23.8 Å². The summed E-state index contributed by atoms with van der Waals surface area (Å²) >= 11 is 1.29. The predicted molar refractivity (Wildman–Crippen MR) is 120 cm³/mol. The molecule has 0 fully saturated rings. The van der Waals surface area contributed by atoms with Crippen molar-refractivity contribution in [1.29, 1.82) is 0 Å². The Morgan fingerprint density at radius 2 is 1.82 bits per heavy atom. The van der Waals surface area contributed by atoms with Crippen molar-refractivity contribution < 1.29 is 27.4 Å². The molecule has 2 aromatic heterocycles. The molecule has 2 heterocycles. The molecule has 0 amide bonds. The number of carbonyl (C=O) groups excluding carboxylic acids is 1. The molecule has 0 aliphatic rings. The van der Waals surface area contributed by atoms with Crippen LogP contribution in [0.2, 0.25) is 0 Å². The van der Waals surface area contributed by atoms with Crippen molar-refractivity contribution in [3.8, 4) is 16.5 Å². The smallest absolute Gasteiger partial charge is 0.433 e. The minimum absolute atomic E-state index is 0.0321. The standard InChI is InChI=1S/C24H25F3N2O3S/c1-4-17(23(30)31-5-2)14-16-6-8-18(9-7-16)32-15(3)19-10-11-20(33-19)22-28-13-12-21(29-22)24(25,26)27/h6-13,15,17H,4-5,14H2,1-3H3.